The first kappa shape index (κ1) is 17.4. The molecule has 4 nitrogen and oxygen atoms in total. The fourth-order valence-electron chi connectivity index (χ4n) is 2.21. The van der Waals surface area contributed by atoms with Gasteiger partial charge in [-0.1, -0.05) is 35.9 Å². The third-order valence-corrected chi connectivity index (χ3v) is 3.52. The van der Waals surface area contributed by atoms with Gasteiger partial charge in [-0.3, -0.25) is 0 Å². The van der Waals surface area contributed by atoms with Gasteiger partial charge in [0.1, 0.15) is 5.75 Å². The normalized spacial score (nSPS) is 16.3. The van der Waals surface area contributed by atoms with Gasteiger partial charge in [0.05, 0.1) is 18.8 Å². The molecule has 0 saturated heterocycles. The Bertz CT molecular complexity index is 481. The average molecular weight is 292 g/mol. The van der Waals surface area contributed by atoms with Crippen LogP contribution in [-0.2, 0) is 0 Å². The molecular weight excluding hydrogens is 268 g/mol. The second kappa shape index (κ2) is 8.62. The van der Waals surface area contributed by atoms with Crippen LogP contribution in [0.2, 0.25) is 0 Å². The number of benzene rings is 1. The molecule has 0 heterocycles. The Hall–Kier alpha value is -1.62. The van der Waals surface area contributed by atoms with Crippen molar-refractivity contribution >= 4 is 6.08 Å². The van der Waals surface area contributed by atoms with Crippen molar-refractivity contribution in [2.75, 3.05) is 6.61 Å². The highest BCUT2D eigenvalue weighted by Gasteiger charge is 2.23. The van der Waals surface area contributed by atoms with Crippen LogP contribution in [0.3, 0.4) is 0 Å². The Kier molecular flexibility index (Phi) is 7.15. The summed E-state index contributed by atoms with van der Waals surface area (Å²) in [5.41, 5.74) is 1.75. The summed E-state index contributed by atoms with van der Waals surface area (Å²) in [5, 5.41) is 38.3. The van der Waals surface area contributed by atoms with Crippen LogP contribution < -0.4 is 0 Å². The smallest absolute Gasteiger partial charge is 0.122 e. The second-order valence-electron chi connectivity index (χ2n) is 5.22. The van der Waals surface area contributed by atoms with E-state index < -0.39 is 24.7 Å². The van der Waals surface area contributed by atoms with Gasteiger partial charge in [-0.2, -0.15) is 0 Å². The topological polar surface area (TPSA) is 80.9 Å². The Morgan fingerprint density at radius 1 is 1.24 bits per heavy atom. The van der Waals surface area contributed by atoms with E-state index in [9.17, 15) is 15.3 Å². The third kappa shape index (κ3) is 5.34. The quantitative estimate of drug-likeness (QED) is 0.553. The first-order valence-corrected chi connectivity index (χ1v) is 7.04. The largest absolute Gasteiger partial charge is 0.507 e. The molecule has 0 radical (unpaired) electrons. The van der Waals surface area contributed by atoms with E-state index in [1.165, 1.54) is 6.08 Å². The van der Waals surface area contributed by atoms with E-state index in [0.717, 1.165) is 11.1 Å². The van der Waals surface area contributed by atoms with Crippen molar-refractivity contribution in [2.24, 2.45) is 5.92 Å². The van der Waals surface area contributed by atoms with Crippen LogP contribution in [0.4, 0.5) is 0 Å². The number of aromatic hydroxyl groups is 1. The van der Waals surface area contributed by atoms with Gasteiger partial charge in [0.2, 0.25) is 0 Å². The van der Waals surface area contributed by atoms with Crippen LogP contribution in [-0.4, -0.2) is 39.2 Å². The predicted molar refractivity (Wildman–Crippen MR) is 83.8 cm³/mol. The van der Waals surface area contributed by atoms with Crippen LogP contribution >= 0.6 is 0 Å². The molecule has 0 aliphatic carbocycles. The fourth-order valence-corrected chi connectivity index (χ4v) is 2.21. The second-order valence-corrected chi connectivity index (χ2v) is 5.22. The summed E-state index contributed by atoms with van der Waals surface area (Å²) in [6.45, 7) is 5.10. The first-order chi connectivity index (χ1) is 9.99. The van der Waals surface area contributed by atoms with E-state index >= 15 is 0 Å². The summed E-state index contributed by atoms with van der Waals surface area (Å²) in [4.78, 5) is 0. The van der Waals surface area contributed by atoms with Gasteiger partial charge >= 0.3 is 0 Å². The Labute approximate surface area is 125 Å². The third-order valence-electron chi connectivity index (χ3n) is 3.52. The van der Waals surface area contributed by atoms with E-state index in [0.29, 0.717) is 12.8 Å². The van der Waals surface area contributed by atoms with Gasteiger partial charge < -0.3 is 20.4 Å². The Morgan fingerprint density at radius 3 is 2.48 bits per heavy atom. The molecular formula is C17H24O4. The van der Waals surface area contributed by atoms with Crippen molar-refractivity contribution in [3.05, 3.63) is 48.1 Å². The zero-order valence-corrected chi connectivity index (χ0v) is 12.3. The van der Waals surface area contributed by atoms with Gasteiger partial charge in [-0.25, -0.2) is 0 Å². The maximum atomic E-state index is 10.1. The molecule has 0 saturated carbocycles. The lowest BCUT2D eigenvalue weighted by Crippen LogP contribution is -2.32. The lowest BCUT2D eigenvalue weighted by atomic mass is 9.92. The van der Waals surface area contributed by atoms with E-state index in [4.69, 9.17) is 5.11 Å². The molecule has 4 N–H and O–H groups in total. The highest BCUT2D eigenvalue weighted by Crippen LogP contribution is 2.22. The molecule has 1 aromatic rings. The molecule has 21 heavy (non-hydrogen) atoms. The molecule has 4 heteroatoms. The number of aliphatic hydroxyl groups excluding tert-OH is 3. The van der Waals surface area contributed by atoms with Crippen molar-refractivity contribution in [3.8, 4) is 5.75 Å². The zero-order chi connectivity index (χ0) is 15.8. The lowest BCUT2D eigenvalue weighted by Gasteiger charge is -2.23. The van der Waals surface area contributed by atoms with Crippen molar-refractivity contribution in [1.82, 2.24) is 0 Å². The summed E-state index contributed by atoms with van der Waals surface area (Å²) >= 11 is 0. The van der Waals surface area contributed by atoms with Crippen LogP contribution in [0.1, 0.15) is 25.3 Å². The van der Waals surface area contributed by atoms with Gasteiger partial charge in [0, 0.05) is 11.5 Å². The maximum Gasteiger partial charge on any atom is 0.122 e. The van der Waals surface area contributed by atoms with Crippen LogP contribution in [0.15, 0.2) is 42.5 Å². The van der Waals surface area contributed by atoms with Crippen molar-refractivity contribution in [1.29, 1.82) is 0 Å². The van der Waals surface area contributed by atoms with Crippen molar-refractivity contribution in [3.63, 3.8) is 0 Å². The number of allylic oxidation sites excluding steroid dienone is 1. The maximum absolute atomic E-state index is 10.1. The van der Waals surface area contributed by atoms with E-state index in [1.54, 1.807) is 12.1 Å². The van der Waals surface area contributed by atoms with Crippen LogP contribution in [0.5, 0.6) is 5.75 Å². The highest BCUT2D eigenvalue weighted by molar-refractivity contribution is 5.58. The number of hydrogen-bond acceptors (Lipinski definition) is 4. The van der Waals surface area contributed by atoms with Crippen LogP contribution in [0, 0.1) is 5.92 Å². The van der Waals surface area contributed by atoms with Gasteiger partial charge in [0.15, 0.2) is 0 Å². The molecule has 0 unspecified atom stereocenters. The number of phenols is 1. The SMILES string of the molecule is C=C[C@@H]([C@H](O)CO)[C@H](O)CC/C(C)=C/c1ccccc1O. The van der Waals surface area contributed by atoms with Gasteiger partial charge in [-0.15, -0.1) is 6.58 Å². The van der Waals surface area contributed by atoms with Gasteiger partial charge in [0.25, 0.3) is 0 Å². The molecule has 0 aromatic heterocycles. The van der Waals surface area contributed by atoms with Crippen LogP contribution in [0.25, 0.3) is 6.08 Å². The monoisotopic (exact) mass is 292 g/mol. The summed E-state index contributed by atoms with van der Waals surface area (Å²) in [5.74, 6) is -0.329. The standard InChI is InChI=1S/C17H24O4/c1-3-14(17(21)11-18)16(20)9-8-12(2)10-13-6-4-5-7-15(13)19/h3-7,10,14,16-21H,1,8-9,11H2,2H3/b12-10+/t14-,16-,17-/m1/s1. The molecule has 0 amide bonds. The van der Waals surface area contributed by atoms with E-state index in [2.05, 4.69) is 6.58 Å². The Balaban J connectivity index is 2.61. The minimum Gasteiger partial charge on any atom is -0.507 e. The van der Waals surface area contributed by atoms with Gasteiger partial charge in [-0.05, 0) is 25.8 Å². The van der Waals surface area contributed by atoms with E-state index in [-0.39, 0.29) is 5.75 Å². The summed E-state index contributed by atoms with van der Waals surface area (Å²) < 4.78 is 0. The number of aliphatic hydroxyl groups is 3. The minimum absolute atomic E-state index is 0.220. The number of rotatable bonds is 8. The summed E-state index contributed by atoms with van der Waals surface area (Å²) in [6, 6.07) is 7.05. The average Bonchev–Trinajstić information content (AvgIpc) is 2.48. The molecule has 1 aromatic carbocycles. The minimum atomic E-state index is -1.00. The summed E-state index contributed by atoms with van der Waals surface area (Å²) in [6.07, 6.45) is 2.64. The lowest BCUT2D eigenvalue weighted by molar-refractivity contribution is 0.00215. The molecule has 0 aliphatic rings. The molecule has 116 valence electrons. The number of hydrogen-bond donors (Lipinski definition) is 4. The Morgan fingerprint density at radius 2 is 1.90 bits per heavy atom. The molecule has 0 aliphatic heterocycles. The van der Waals surface area contributed by atoms with E-state index in [1.807, 2.05) is 25.1 Å². The van der Waals surface area contributed by atoms with Crippen molar-refractivity contribution in [2.45, 2.75) is 32.0 Å². The first-order valence-electron chi connectivity index (χ1n) is 7.04. The fraction of sp³-hybridized carbons (Fsp3) is 0.412. The number of phenolic OH excluding ortho intramolecular Hbond substituents is 1. The predicted octanol–water partition coefficient (Wildman–Crippen LogP) is 2.09. The molecule has 0 fully saturated rings. The molecule has 1 rings (SSSR count). The molecule has 0 spiro atoms. The number of para-hydroxylation sites is 1. The highest BCUT2D eigenvalue weighted by atomic mass is 16.3. The molecule has 0 bridgehead atoms. The summed E-state index contributed by atoms with van der Waals surface area (Å²) in [7, 11) is 0. The zero-order valence-electron chi connectivity index (χ0n) is 12.3. The molecule has 3 atom stereocenters. The van der Waals surface area contributed by atoms with Crippen molar-refractivity contribution < 1.29 is 20.4 Å².